The first-order valence-corrected chi connectivity index (χ1v) is 8.27. The molecule has 3 rings (SSSR count). The number of esters is 1. The van der Waals surface area contributed by atoms with Crippen LogP contribution in [0, 0.1) is 0 Å². The first kappa shape index (κ1) is 18.3. The van der Waals surface area contributed by atoms with Gasteiger partial charge >= 0.3 is 5.97 Å². The van der Waals surface area contributed by atoms with Gasteiger partial charge in [-0.2, -0.15) is 0 Å². The molecule has 1 heterocycles. The third kappa shape index (κ3) is 4.76. The molecule has 0 amide bonds. The van der Waals surface area contributed by atoms with E-state index in [0.717, 1.165) is 11.1 Å². The summed E-state index contributed by atoms with van der Waals surface area (Å²) in [6.45, 7) is 0.0332. The molecule has 0 aliphatic rings. The van der Waals surface area contributed by atoms with Crippen LogP contribution in [-0.4, -0.2) is 25.3 Å². The lowest BCUT2D eigenvalue weighted by Gasteiger charge is -2.07. The fourth-order valence-electron chi connectivity index (χ4n) is 2.43. The molecule has 0 radical (unpaired) electrons. The minimum absolute atomic E-state index is 0.0332. The van der Waals surface area contributed by atoms with Crippen molar-refractivity contribution in [2.24, 2.45) is 0 Å². The van der Waals surface area contributed by atoms with Crippen molar-refractivity contribution in [2.75, 3.05) is 14.2 Å². The molecule has 2 aromatic carbocycles. The first-order chi connectivity index (χ1) is 13.2. The van der Waals surface area contributed by atoms with Crippen LogP contribution in [0.4, 0.5) is 0 Å². The maximum atomic E-state index is 11.9. The molecule has 0 N–H and O–H groups in total. The summed E-state index contributed by atoms with van der Waals surface area (Å²) in [5.74, 6) is 1.36. The maximum Gasteiger partial charge on any atom is 0.331 e. The number of carbonyl (C=O) groups is 1. The summed E-state index contributed by atoms with van der Waals surface area (Å²) in [5.41, 5.74) is 2.25. The molecule has 0 fully saturated rings. The van der Waals surface area contributed by atoms with Gasteiger partial charge in [-0.15, -0.1) is 0 Å². The van der Waals surface area contributed by atoms with Crippen LogP contribution in [0.5, 0.6) is 11.5 Å². The lowest BCUT2D eigenvalue weighted by atomic mass is 10.2. The van der Waals surface area contributed by atoms with Crippen LogP contribution in [0.1, 0.15) is 11.3 Å². The number of aromatic nitrogens is 1. The predicted octanol–water partition coefficient (Wildman–Crippen LogP) is 4.12. The molecule has 6 heteroatoms. The van der Waals surface area contributed by atoms with Gasteiger partial charge in [-0.25, -0.2) is 4.79 Å². The summed E-state index contributed by atoms with van der Waals surface area (Å²) in [6, 6.07) is 16.7. The number of nitrogens with zero attached hydrogens (tertiary/aromatic N) is 1. The second-order valence-corrected chi connectivity index (χ2v) is 5.60. The van der Waals surface area contributed by atoms with E-state index in [1.165, 1.54) is 6.08 Å². The second-order valence-electron chi connectivity index (χ2n) is 5.60. The van der Waals surface area contributed by atoms with Crippen molar-refractivity contribution in [3.05, 3.63) is 71.9 Å². The SMILES string of the molecule is COc1ccc(/C=C/C(=O)OCc2cc(-c3ccccc3)on2)cc1OC. The number of rotatable bonds is 7. The van der Waals surface area contributed by atoms with Crippen LogP contribution in [0.25, 0.3) is 17.4 Å². The molecular formula is C21H19NO5. The van der Waals surface area contributed by atoms with Crippen molar-refractivity contribution in [1.29, 1.82) is 0 Å². The normalized spacial score (nSPS) is 10.7. The largest absolute Gasteiger partial charge is 0.493 e. The number of carbonyl (C=O) groups excluding carboxylic acids is 1. The number of hydrogen-bond donors (Lipinski definition) is 0. The van der Waals surface area contributed by atoms with Gasteiger partial charge in [0.15, 0.2) is 17.3 Å². The van der Waals surface area contributed by atoms with Crippen molar-refractivity contribution >= 4 is 12.0 Å². The van der Waals surface area contributed by atoms with Gasteiger partial charge < -0.3 is 18.7 Å². The Morgan fingerprint density at radius 2 is 1.81 bits per heavy atom. The highest BCUT2D eigenvalue weighted by Gasteiger charge is 2.08. The topological polar surface area (TPSA) is 70.8 Å². The van der Waals surface area contributed by atoms with Crippen LogP contribution in [0.2, 0.25) is 0 Å². The van der Waals surface area contributed by atoms with Gasteiger partial charge in [0.05, 0.1) is 14.2 Å². The molecule has 1 aromatic heterocycles. The van der Waals surface area contributed by atoms with E-state index in [1.54, 1.807) is 38.5 Å². The summed E-state index contributed by atoms with van der Waals surface area (Å²) in [7, 11) is 3.12. The zero-order chi connectivity index (χ0) is 19.1. The molecule has 6 nitrogen and oxygen atoms in total. The van der Waals surface area contributed by atoms with Crippen LogP contribution in [0.3, 0.4) is 0 Å². The van der Waals surface area contributed by atoms with Crippen molar-refractivity contribution < 1.29 is 23.5 Å². The zero-order valence-corrected chi connectivity index (χ0v) is 15.0. The molecule has 0 saturated heterocycles. The first-order valence-electron chi connectivity index (χ1n) is 8.27. The van der Waals surface area contributed by atoms with E-state index in [4.69, 9.17) is 18.7 Å². The van der Waals surface area contributed by atoms with Gasteiger partial charge in [-0.1, -0.05) is 41.6 Å². The minimum Gasteiger partial charge on any atom is -0.493 e. The smallest absolute Gasteiger partial charge is 0.331 e. The highest BCUT2D eigenvalue weighted by atomic mass is 16.5. The molecule has 0 aliphatic heterocycles. The van der Waals surface area contributed by atoms with Crippen LogP contribution >= 0.6 is 0 Å². The number of ether oxygens (including phenoxy) is 3. The summed E-state index contributed by atoms with van der Waals surface area (Å²) in [5, 5.41) is 3.92. The maximum absolute atomic E-state index is 11.9. The quantitative estimate of drug-likeness (QED) is 0.463. The molecule has 0 saturated carbocycles. The number of methoxy groups -OCH3 is 2. The van der Waals surface area contributed by atoms with Gasteiger partial charge in [0.25, 0.3) is 0 Å². The highest BCUT2D eigenvalue weighted by Crippen LogP contribution is 2.28. The third-order valence-corrected chi connectivity index (χ3v) is 3.80. The number of benzene rings is 2. The molecular weight excluding hydrogens is 346 g/mol. The molecule has 138 valence electrons. The van der Waals surface area contributed by atoms with Crippen LogP contribution in [-0.2, 0) is 16.1 Å². The van der Waals surface area contributed by atoms with E-state index >= 15 is 0 Å². The molecule has 27 heavy (non-hydrogen) atoms. The third-order valence-electron chi connectivity index (χ3n) is 3.80. The Balaban J connectivity index is 1.57. The van der Waals surface area contributed by atoms with Gasteiger partial charge in [0.2, 0.25) is 0 Å². The standard InChI is InChI=1S/C21H19NO5/c1-24-18-10-8-15(12-20(18)25-2)9-11-21(23)26-14-17-13-19(27-22-17)16-6-4-3-5-7-16/h3-13H,14H2,1-2H3/b11-9+. The fraction of sp³-hybridized carbons (Fsp3) is 0.143. The van der Waals surface area contributed by atoms with E-state index in [1.807, 2.05) is 36.4 Å². The molecule has 0 unspecified atom stereocenters. The number of hydrogen-bond acceptors (Lipinski definition) is 6. The molecule has 0 aliphatic carbocycles. The monoisotopic (exact) mass is 365 g/mol. The summed E-state index contributed by atoms with van der Waals surface area (Å²) < 4.78 is 20.9. The van der Waals surface area contributed by atoms with E-state index in [-0.39, 0.29) is 6.61 Å². The minimum atomic E-state index is -0.478. The molecule has 3 aromatic rings. The van der Waals surface area contributed by atoms with Crippen molar-refractivity contribution in [3.63, 3.8) is 0 Å². The highest BCUT2D eigenvalue weighted by molar-refractivity contribution is 5.87. The molecule has 0 atom stereocenters. The summed E-state index contributed by atoms with van der Waals surface area (Å²) >= 11 is 0. The Labute approximate surface area is 157 Å². The lowest BCUT2D eigenvalue weighted by molar-refractivity contribution is -0.139. The van der Waals surface area contributed by atoms with Crippen molar-refractivity contribution in [1.82, 2.24) is 5.16 Å². The Bertz CT molecular complexity index is 931. The molecule has 0 spiro atoms. The average Bonchev–Trinajstić information content (AvgIpc) is 3.20. The zero-order valence-electron chi connectivity index (χ0n) is 15.0. The Morgan fingerprint density at radius 3 is 2.56 bits per heavy atom. The van der Waals surface area contributed by atoms with Gasteiger partial charge in [-0.05, 0) is 23.8 Å². The van der Waals surface area contributed by atoms with Crippen molar-refractivity contribution in [2.45, 2.75) is 6.61 Å². The molecule has 0 bridgehead atoms. The van der Waals surface area contributed by atoms with E-state index in [2.05, 4.69) is 5.16 Å². The average molecular weight is 365 g/mol. The van der Waals surface area contributed by atoms with Crippen molar-refractivity contribution in [3.8, 4) is 22.8 Å². The van der Waals surface area contributed by atoms with Gasteiger partial charge in [0, 0.05) is 17.7 Å². The van der Waals surface area contributed by atoms with Crippen LogP contribution in [0.15, 0.2) is 65.2 Å². The Morgan fingerprint density at radius 1 is 1.04 bits per heavy atom. The summed E-state index contributed by atoms with van der Waals surface area (Å²) in [4.78, 5) is 11.9. The second kappa shape index (κ2) is 8.71. The fourth-order valence-corrected chi connectivity index (χ4v) is 2.43. The predicted molar refractivity (Wildman–Crippen MR) is 100 cm³/mol. The van der Waals surface area contributed by atoms with E-state index in [9.17, 15) is 4.79 Å². The van der Waals surface area contributed by atoms with Crippen LogP contribution < -0.4 is 9.47 Å². The van der Waals surface area contributed by atoms with E-state index < -0.39 is 5.97 Å². The van der Waals surface area contributed by atoms with Gasteiger partial charge in [-0.3, -0.25) is 0 Å². The Hall–Kier alpha value is -3.54. The summed E-state index contributed by atoms with van der Waals surface area (Å²) in [6.07, 6.45) is 2.99. The lowest BCUT2D eigenvalue weighted by Crippen LogP contribution is -2.00. The van der Waals surface area contributed by atoms with Gasteiger partial charge in [0.1, 0.15) is 12.3 Å². The Kier molecular flexibility index (Phi) is 5.89. The van der Waals surface area contributed by atoms with E-state index in [0.29, 0.717) is 23.0 Å².